The van der Waals surface area contributed by atoms with E-state index in [9.17, 15) is 9.90 Å². The predicted octanol–water partition coefficient (Wildman–Crippen LogP) is 2.13. The average Bonchev–Trinajstić information content (AvgIpc) is 2.51. The summed E-state index contributed by atoms with van der Waals surface area (Å²) in [6.07, 6.45) is 2.39. The van der Waals surface area contributed by atoms with Gasteiger partial charge in [-0.15, -0.1) is 0 Å². The number of nitrogens with zero attached hydrogens (tertiary/aromatic N) is 1. The van der Waals surface area contributed by atoms with Crippen LogP contribution in [0.2, 0.25) is 0 Å². The van der Waals surface area contributed by atoms with Crippen molar-refractivity contribution in [2.24, 2.45) is 0 Å². The maximum Gasteiger partial charge on any atom is 0.267 e. The first-order chi connectivity index (χ1) is 10.5. The highest BCUT2D eigenvalue weighted by Gasteiger charge is 2.13. The van der Waals surface area contributed by atoms with E-state index in [-0.39, 0.29) is 12.1 Å². The Morgan fingerprint density at radius 2 is 1.95 bits per heavy atom. The van der Waals surface area contributed by atoms with Gasteiger partial charge in [-0.25, -0.2) is 0 Å². The lowest BCUT2D eigenvalue weighted by Gasteiger charge is -2.14. The van der Waals surface area contributed by atoms with Crippen LogP contribution in [-0.4, -0.2) is 23.7 Å². The van der Waals surface area contributed by atoms with Crippen molar-refractivity contribution in [2.75, 3.05) is 11.9 Å². The predicted molar refractivity (Wildman–Crippen MR) is 87.2 cm³/mol. The lowest BCUT2D eigenvalue weighted by Crippen LogP contribution is -2.22. The van der Waals surface area contributed by atoms with E-state index < -0.39 is 12.0 Å². The molecular formula is C17H23N3O2. The summed E-state index contributed by atoms with van der Waals surface area (Å²) in [7, 11) is 0. The monoisotopic (exact) mass is 301 g/mol. The Labute approximate surface area is 131 Å². The number of aliphatic hydroxyl groups is 1. The average molecular weight is 301 g/mol. The minimum absolute atomic E-state index is 0.0198. The van der Waals surface area contributed by atoms with Crippen molar-refractivity contribution in [2.45, 2.75) is 39.7 Å². The van der Waals surface area contributed by atoms with Crippen LogP contribution in [0.15, 0.2) is 30.0 Å². The molecular weight excluding hydrogens is 278 g/mol. The van der Waals surface area contributed by atoms with Crippen LogP contribution in [0.3, 0.4) is 0 Å². The van der Waals surface area contributed by atoms with Crippen LogP contribution in [0.1, 0.15) is 31.9 Å². The SMILES string of the molecule is CCc1cccc(CC)c1NC(=O)/C(C#N)=C\NCC(C)O. The van der Waals surface area contributed by atoms with Gasteiger partial charge in [0.1, 0.15) is 11.6 Å². The maximum absolute atomic E-state index is 12.3. The molecule has 3 N–H and O–H groups in total. The molecule has 0 heterocycles. The Morgan fingerprint density at radius 1 is 1.36 bits per heavy atom. The third kappa shape index (κ3) is 4.90. The second kappa shape index (κ2) is 8.85. The number of carbonyl (C=O) groups excluding carboxylic acids is 1. The standard InChI is InChI=1S/C17H23N3O2/c1-4-13-7-6-8-14(5-2)16(13)20-17(22)15(9-18)11-19-10-12(3)21/h6-8,11-12,19,21H,4-5,10H2,1-3H3,(H,20,22)/b15-11-. The fourth-order valence-corrected chi connectivity index (χ4v) is 2.06. The summed E-state index contributed by atoms with van der Waals surface area (Å²) in [5, 5.41) is 23.9. The lowest BCUT2D eigenvalue weighted by molar-refractivity contribution is -0.112. The molecule has 1 aromatic carbocycles. The Hall–Kier alpha value is -2.32. The summed E-state index contributed by atoms with van der Waals surface area (Å²) in [5.41, 5.74) is 2.85. The number of amides is 1. The summed E-state index contributed by atoms with van der Waals surface area (Å²) in [6.45, 7) is 5.95. The number of para-hydroxylation sites is 1. The molecule has 0 aliphatic rings. The summed E-state index contributed by atoms with van der Waals surface area (Å²) in [4.78, 5) is 12.3. The van der Waals surface area contributed by atoms with E-state index >= 15 is 0 Å². The van der Waals surface area contributed by atoms with Gasteiger partial charge in [-0.2, -0.15) is 5.26 Å². The summed E-state index contributed by atoms with van der Waals surface area (Å²) < 4.78 is 0. The van der Waals surface area contributed by atoms with E-state index in [0.29, 0.717) is 0 Å². The normalized spacial score (nSPS) is 12.4. The van der Waals surface area contributed by atoms with Gasteiger partial charge in [0, 0.05) is 18.4 Å². The van der Waals surface area contributed by atoms with Gasteiger partial charge >= 0.3 is 0 Å². The molecule has 1 rings (SSSR count). The number of aliphatic hydroxyl groups excluding tert-OH is 1. The molecule has 1 atom stereocenters. The van der Waals surface area contributed by atoms with E-state index in [2.05, 4.69) is 10.6 Å². The highest BCUT2D eigenvalue weighted by Crippen LogP contribution is 2.23. The molecule has 0 fully saturated rings. The molecule has 22 heavy (non-hydrogen) atoms. The van der Waals surface area contributed by atoms with Crippen LogP contribution >= 0.6 is 0 Å². The largest absolute Gasteiger partial charge is 0.392 e. The number of rotatable bonds is 7. The van der Waals surface area contributed by atoms with Crippen molar-refractivity contribution in [3.05, 3.63) is 41.1 Å². The van der Waals surface area contributed by atoms with Gasteiger partial charge in [-0.05, 0) is 30.9 Å². The molecule has 1 unspecified atom stereocenters. The first-order valence-corrected chi connectivity index (χ1v) is 7.47. The molecule has 1 aromatic rings. The van der Waals surface area contributed by atoms with E-state index in [4.69, 9.17) is 5.26 Å². The van der Waals surface area contributed by atoms with Gasteiger partial charge < -0.3 is 15.7 Å². The maximum atomic E-state index is 12.3. The number of nitrogens with one attached hydrogen (secondary N) is 2. The van der Waals surface area contributed by atoms with Crippen molar-refractivity contribution in [3.8, 4) is 6.07 Å². The quantitative estimate of drug-likeness (QED) is 0.532. The summed E-state index contributed by atoms with van der Waals surface area (Å²) in [6, 6.07) is 7.78. The zero-order valence-corrected chi connectivity index (χ0v) is 13.3. The number of benzene rings is 1. The molecule has 0 aliphatic carbocycles. The minimum atomic E-state index is -0.549. The van der Waals surface area contributed by atoms with E-state index in [0.717, 1.165) is 29.7 Å². The number of anilines is 1. The Balaban J connectivity index is 2.94. The van der Waals surface area contributed by atoms with E-state index in [1.165, 1.54) is 6.20 Å². The second-order valence-electron chi connectivity index (χ2n) is 5.04. The number of aryl methyl sites for hydroxylation is 2. The van der Waals surface area contributed by atoms with Gasteiger partial charge in [0.2, 0.25) is 0 Å². The van der Waals surface area contributed by atoms with Crippen molar-refractivity contribution in [3.63, 3.8) is 0 Å². The zero-order chi connectivity index (χ0) is 16.5. The molecule has 0 saturated heterocycles. The molecule has 0 bridgehead atoms. The van der Waals surface area contributed by atoms with Gasteiger partial charge in [0.05, 0.1) is 6.10 Å². The van der Waals surface area contributed by atoms with Crippen LogP contribution in [0.5, 0.6) is 0 Å². The van der Waals surface area contributed by atoms with Gasteiger partial charge in [0.25, 0.3) is 5.91 Å². The van der Waals surface area contributed by atoms with Gasteiger partial charge in [-0.1, -0.05) is 32.0 Å². The zero-order valence-electron chi connectivity index (χ0n) is 13.3. The molecule has 0 aromatic heterocycles. The van der Waals surface area contributed by atoms with E-state index in [1.54, 1.807) is 6.92 Å². The molecule has 5 nitrogen and oxygen atoms in total. The van der Waals surface area contributed by atoms with Crippen LogP contribution in [0, 0.1) is 11.3 Å². The minimum Gasteiger partial charge on any atom is -0.392 e. The third-order valence-corrected chi connectivity index (χ3v) is 3.26. The first-order valence-electron chi connectivity index (χ1n) is 7.47. The Bertz CT molecular complexity index is 564. The summed E-state index contributed by atoms with van der Waals surface area (Å²) in [5.74, 6) is -0.448. The van der Waals surface area contributed by atoms with Crippen molar-refractivity contribution < 1.29 is 9.90 Å². The topological polar surface area (TPSA) is 85.2 Å². The molecule has 5 heteroatoms. The summed E-state index contributed by atoms with van der Waals surface area (Å²) >= 11 is 0. The van der Waals surface area contributed by atoms with Crippen LogP contribution < -0.4 is 10.6 Å². The van der Waals surface area contributed by atoms with Gasteiger partial charge in [0.15, 0.2) is 0 Å². The fraction of sp³-hybridized carbons (Fsp3) is 0.412. The van der Waals surface area contributed by atoms with Crippen LogP contribution in [-0.2, 0) is 17.6 Å². The van der Waals surface area contributed by atoms with Gasteiger partial charge in [-0.3, -0.25) is 4.79 Å². The highest BCUT2D eigenvalue weighted by molar-refractivity contribution is 6.07. The first kappa shape index (κ1) is 17.7. The Morgan fingerprint density at radius 3 is 2.41 bits per heavy atom. The molecule has 0 aliphatic heterocycles. The fourth-order valence-electron chi connectivity index (χ4n) is 2.06. The Kier molecular flexibility index (Phi) is 7.14. The van der Waals surface area contributed by atoms with Crippen molar-refractivity contribution in [1.29, 1.82) is 5.26 Å². The highest BCUT2D eigenvalue weighted by atomic mass is 16.3. The molecule has 0 saturated carbocycles. The third-order valence-electron chi connectivity index (χ3n) is 3.26. The number of hydrogen-bond donors (Lipinski definition) is 3. The van der Waals surface area contributed by atoms with Crippen molar-refractivity contribution >= 4 is 11.6 Å². The molecule has 0 spiro atoms. The molecule has 1 amide bonds. The molecule has 118 valence electrons. The van der Waals surface area contributed by atoms with Crippen LogP contribution in [0.4, 0.5) is 5.69 Å². The van der Waals surface area contributed by atoms with Crippen LogP contribution in [0.25, 0.3) is 0 Å². The van der Waals surface area contributed by atoms with E-state index in [1.807, 2.05) is 38.1 Å². The second-order valence-corrected chi connectivity index (χ2v) is 5.04. The number of carbonyl (C=O) groups is 1. The number of nitriles is 1. The smallest absolute Gasteiger partial charge is 0.267 e. The number of hydrogen-bond acceptors (Lipinski definition) is 4. The lowest BCUT2D eigenvalue weighted by atomic mass is 10.0. The molecule has 0 radical (unpaired) electrons. The van der Waals surface area contributed by atoms with Crippen molar-refractivity contribution in [1.82, 2.24) is 5.32 Å².